The van der Waals surface area contributed by atoms with Crippen molar-refractivity contribution in [1.29, 1.82) is 0 Å². The van der Waals surface area contributed by atoms with Crippen LogP contribution >= 0.6 is 0 Å². The fourth-order valence-electron chi connectivity index (χ4n) is 2.11. The van der Waals surface area contributed by atoms with Gasteiger partial charge >= 0.3 is 0 Å². The van der Waals surface area contributed by atoms with E-state index < -0.39 is 10.0 Å². The lowest BCUT2D eigenvalue weighted by Gasteiger charge is -2.30. The number of sulfonamides is 1. The molecule has 6 nitrogen and oxygen atoms in total. The Morgan fingerprint density at radius 1 is 1.50 bits per heavy atom. The number of piperidine rings is 1. The third-order valence-corrected chi connectivity index (χ3v) is 4.44. The van der Waals surface area contributed by atoms with Gasteiger partial charge in [-0.15, -0.1) is 0 Å². The van der Waals surface area contributed by atoms with Crippen molar-refractivity contribution in [2.45, 2.75) is 32.4 Å². The van der Waals surface area contributed by atoms with Crippen molar-refractivity contribution in [1.82, 2.24) is 14.6 Å². The van der Waals surface area contributed by atoms with E-state index in [1.807, 2.05) is 6.92 Å². The number of aryl methyl sites for hydroxylation is 1. The molecule has 0 radical (unpaired) electrons. The molecule has 1 aliphatic heterocycles. The van der Waals surface area contributed by atoms with E-state index >= 15 is 0 Å². The van der Waals surface area contributed by atoms with Gasteiger partial charge in [-0.25, -0.2) is 17.7 Å². The van der Waals surface area contributed by atoms with E-state index in [0.29, 0.717) is 31.6 Å². The van der Waals surface area contributed by atoms with E-state index in [1.165, 1.54) is 10.6 Å². The first-order valence-electron chi connectivity index (χ1n) is 6.05. The molecule has 0 amide bonds. The van der Waals surface area contributed by atoms with Gasteiger partial charge in [0.05, 0.1) is 19.0 Å². The van der Waals surface area contributed by atoms with Crippen LogP contribution in [-0.4, -0.2) is 43.1 Å². The van der Waals surface area contributed by atoms with E-state index in [0.717, 1.165) is 18.6 Å². The fraction of sp³-hybridized carbons (Fsp3) is 0.727. The summed E-state index contributed by atoms with van der Waals surface area (Å²) in [4.78, 5) is 4.12. The Kier molecular flexibility index (Phi) is 4.04. The normalized spacial score (nSPS) is 19.2. The summed E-state index contributed by atoms with van der Waals surface area (Å²) in [5.74, 6) is 1.48. The SMILES string of the molecule is Cc1cnc(CNC2CCN(S(C)(=O)=O)CC2)o1. The van der Waals surface area contributed by atoms with E-state index in [2.05, 4.69) is 10.3 Å². The standard InChI is InChI=1S/C11H19N3O3S/c1-9-7-13-11(17-9)8-12-10-3-5-14(6-4-10)18(2,15)16/h7,10,12H,3-6,8H2,1-2H3. The predicted molar refractivity (Wildman–Crippen MR) is 67.5 cm³/mol. The molecule has 1 aromatic heterocycles. The Morgan fingerprint density at radius 2 is 2.17 bits per heavy atom. The highest BCUT2D eigenvalue weighted by Crippen LogP contribution is 2.13. The summed E-state index contributed by atoms with van der Waals surface area (Å²) in [6.45, 7) is 3.63. The number of nitrogens with one attached hydrogen (secondary N) is 1. The molecule has 0 saturated carbocycles. The molecule has 1 saturated heterocycles. The zero-order valence-corrected chi connectivity index (χ0v) is 11.5. The second-order valence-corrected chi connectivity index (χ2v) is 6.66. The minimum absolute atomic E-state index is 0.329. The van der Waals surface area contributed by atoms with Crippen LogP contribution in [-0.2, 0) is 16.6 Å². The molecule has 1 N–H and O–H groups in total. The molecule has 0 bridgehead atoms. The molecule has 7 heteroatoms. The molecular formula is C11H19N3O3S. The van der Waals surface area contributed by atoms with Crippen LogP contribution in [0.4, 0.5) is 0 Å². The second kappa shape index (κ2) is 5.38. The fourth-order valence-corrected chi connectivity index (χ4v) is 2.98. The van der Waals surface area contributed by atoms with E-state index in [1.54, 1.807) is 6.20 Å². The molecule has 102 valence electrons. The number of rotatable bonds is 4. The van der Waals surface area contributed by atoms with Gasteiger partial charge in [-0.2, -0.15) is 0 Å². The summed E-state index contributed by atoms with van der Waals surface area (Å²) >= 11 is 0. The first kappa shape index (κ1) is 13.5. The number of hydrogen-bond acceptors (Lipinski definition) is 5. The molecule has 2 rings (SSSR count). The minimum atomic E-state index is -3.04. The zero-order valence-electron chi connectivity index (χ0n) is 10.7. The average Bonchev–Trinajstić information content (AvgIpc) is 2.72. The topological polar surface area (TPSA) is 75.4 Å². The first-order chi connectivity index (χ1) is 8.45. The lowest BCUT2D eigenvalue weighted by atomic mass is 10.1. The molecule has 1 aliphatic rings. The Bertz CT molecular complexity index is 489. The number of oxazole rings is 1. The minimum Gasteiger partial charge on any atom is -0.445 e. The first-order valence-corrected chi connectivity index (χ1v) is 7.90. The molecule has 2 heterocycles. The van der Waals surface area contributed by atoms with Gasteiger partial charge in [0.25, 0.3) is 0 Å². The van der Waals surface area contributed by atoms with Crippen LogP contribution in [0, 0.1) is 6.92 Å². The number of aromatic nitrogens is 1. The van der Waals surface area contributed by atoms with Gasteiger partial charge < -0.3 is 9.73 Å². The highest BCUT2D eigenvalue weighted by atomic mass is 32.2. The quantitative estimate of drug-likeness (QED) is 0.864. The molecule has 1 fully saturated rings. The Balaban J connectivity index is 1.77. The molecule has 1 aromatic rings. The van der Waals surface area contributed by atoms with Crippen LogP contribution in [0.5, 0.6) is 0 Å². The Labute approximate surface area is 107 Å². The van der Waals surface area contributed by atoms with Gasteiger partial charge in [0.1, 0.15) is 5.76 Å². The summed E-state index contributed by atoms with van der Waals surface area (Å²) in [7, 11) is -3.04. The third-order valence-electron chi connectivity index (χ3n) is 3.13. The summed E-state index contributed by atoms with van der Waals surface area (Å²) in [5.41, 5.74) is 0. The smallest absolute Gasteiger partial charge is 0.211 e. The van der Waals surface area contributed by atoms with Crippen LogP contribution < -0.4 is 5.32 Å². The molecule has 18 heavy (non-hydrogen) atoms. The molecule has 0 unspecified atom stereocenters. The molecule has 0 atom stereocenters. The van der Waals surface area contributed by atoms with E-state index in [4.69, 9.17) is 4.42 Å². The summed E-state index contributed by atoms with van der Waals surface area (Å²) in [6.07, 6.45) is 4.61. The Hall–Kier alpha value is -0.920. The van der Waals surface area contributed by atoms with Gasteiger partial charge in [0.2, 0.25) is 15.9 Å². The molecule has 0 aliphatic carbocycles. The van der Waals surface area contributed by atoms with Crippen molar-refractivity contribution in [3.8, 4) is 0 Å². The highest BCUT2D eigenvalue weighted by Gasteiger charge is 2.24. The van der Waals surface area contributed by atoms with E-state index in [9.17, 15) is 8.42 Å². The van der Waals surface area contributed by atoms with Crippen molar-refractivity contribution in [2.75, 3.05) is 19.3 Å². The maximum absolute atomic E-state index is 11.4. The van der Waals surface area contributed by atoms with Crippen LogP contribution in [0.2, 0.25) is 0 Å². The molecular weight excluding hydrogens is 254 g/mol. The van der Waals surface area contributed by atoms with Crippen LogP contribution in [0.1, 0.15) is 24.5 Å². The monoisotopic (exact) mass is 273 g/mol. The molecule has 0 aromatic carbocycles. The van der Waals surface area contributed by atoms with E-state index in [-0.39, 0.29) is 0 Å². The van der Waals surface area contributed by atoms with Crippen molar-refractivity contribution in [3.63, 3.8) is 0 Å². The lowest BCUT2D eigenvalue weighted by molar-refractivity contribution is 0.283. The van der Waals surface area contributed by atoms with Crippen LogP contribution in [0.25, 0.3) is 0 Å². The van der Waals surface area contributed by atoms with Crippen molar-refractivity contribution in [2.24, 2.45) is 0 Å². The predicted octanol–water partition coefficient (Wildman–Crippen LogP) is 0.497. The summed E-state index contributed by atoms with van der Waals surface area (Å²) in [5, 5.41) is 3.35. The maximum Gasteiger partial charge on any atom is 0.211 e. The van der Waals surface area contributed by atoms with Gasteiger partial charge in [0, 0.05) is 19.1 Å². The second-order valence-electron chi connectivity index (χ2n) is 4.68. The summed E-state index contributed by atoms with van der Waals surface area (Å²) in [6, 6.07) is 0.329. The van der Waals surface area contributed by atoms with Crippen molar-refractivity contribution < 1.29 is 12.8 Å². The molecule has 0 spiro atoms. The Morgan fingerprint density at radius 3 is 2.67 bits per heavy atom. The van der Waals surface area contributed by atoms with Crippen LogP contribution in [0.3, 0.4) is 0 Å². The van der Waals surface area contributed by atoms with Crippen molar-refractivity contribution in [3.05, 3.63) is 17.8 Å². The third kappa shape index (κ3) is 3.54. The van der Waals surface area contributed by atoms with Crippen LogP contribution in [0.15, 0.2) is 10.6 Å². The summed E-state index contributed by atoms with van der Waals surface area (Å²) < 4.78 is 29.6. The van der Waals surface area contributed by atoms with Gasteiger partial charge in [0.15, 0.2) is 0 Å². The van der Waals surface area contributed by atoms with Gasteiger partial charge in [-0.05, 0) is 19.8 Å². The number of nitrogens with zero attached hydrogens (tertiary/aromatic N) is 2. The van der Waals surface area contributed by atoms with Crippen molar-refractivity contribution >= 4 is 10.0 Å². The zero-order chi connectivity index (χ0) is 13.2. The average molecular weight is 273 g/mol. The van der Waals surface area contributed by atoms with Gasteiger partial charge in [-0.3, -0.25) is 0 Å². The lowest BCUT2D eigenvalue weighted by Crippen LogP contribution is -2.44. The highest BCUT2D eigenvalue weighted by molar-refractivity contribution is 7.88. The maximum atomic E-state index is 11.4. The largest absolute Gasteiger partial charge is 0.445 e. The number of hydrogen-bond donors (Lipinski definition) is 1. The van der Waals surface area contributed by atoms with Gasteiger partial charge in [-0.1, -0.05) is 0 Å².